The fraction of sp³-hybridized carbons (Fsp3) is 0.125. The first-order chi connectivity index (χ1) is 6.22. The number of nitriles is 1. The normalized spacial score (nSPS) is 10.2. The molecule has 0 amide bonds. The van der Waals surface area contributed by atoms with E-state index in [0.29, 0.717) is 17.0 Å². The molecule has 0 aromatic carbocycles. The zero-order valence-electron chi connectivity index (χ0n) is 6.90. The fourth-order valence-corrected chi connectivity index (χ4v) is 1.09. The lowest BCUT2D eigenvalue weighted by molar-refractivity contribution is 0.443. The Morgan fingerprint density at radius 2 is 2.38 bits per heavy atom. The van der Waals surface area contributed by atoms with Crippen LogP contribution in [0.3, 0.4) is 0 Å². The zero-order chi connectivity index (χ0) is 9.42. The molecule has 5 heteroatoms. The van der Waals surface area contributed by atoms with Crippen LogP contribution in [0.1, 0.15) is 11.3 Å². The number of hydrogen-bond acceptors (Lipinski definition) is 5. The van der Waals surface area contributed by atoms with E-state index in [-0.39, 0.29) is 5.82 Å². The molecule has 0 fully saturated rings. The molecule has 0 saturated carbocycles. The number of nitrogens with zero attached hydrogens (tertiary/aromatic N) is 3. The third-order valence-corrected chi connectivity index (χ3v) is 1.80. The van der Waals surface area contributed by atoms with Crippen LogP contribution in [0.15, 0.2) is 10.6 Å². The van der Waals surface area contributed by atoms with Crippen molar-refractivity contribution in [3.05, 3.63) is 17.3 Å². The van der Waals surface area contributed by atoms with Gasteiger partial charge in [-0.05, 0) is 13.0 Å². The van der Waals surface area contributed by atoms with E-state index in [1.807, 2.05) is 6.07 Å². The van der Waals surface area contributed by atoms with Crippen LogP contribution in [0.2, 0.25) is 0 Å². The van der Waals surface area contributed by atoms with Gasteiger partial charge in [-0.1, -0.05) is 5.16 Å². The molecule has 5 nitrogen and oxygen atoms in total. The maximum absolute atomic E-state index is 8.69. The van der Waals surface area contributed by atoms with Crippen LogP contribution < -0.4 is 5.73 Å². The summed E-state index contributed by atoms with van der Waals surface area (Å²) in [5, 5.41) is 13.1. The van der Waals surface area contributed by atoms with Gasteiger partial charge in [0.05, 0.1) is 16.6 Å². The molecule has 64 valence electrons. The second kappa shape index (κ2) is 2.45. The number of aromatic nitrogens is 2. The molecule has 0 bridgehead atoms. The lowest BCUT2D eigenvalue weighted by atomic mass is 10.2. The summed E-state index contributed by atoms with van der Waals surface area (Å²) in [7, 11) is 0. The predicted molar refractivity (Wildman–Crippen MR) is 45.7 cm³/mol. The molecule has 0 atom stereocenters. The van der Waals surface area contributed by atoms with Crippen molar-refractivity contribution in [3.63, 3.8) is 0 Å². The highest BCUT2D eigenvalue weighted by Gasteiger charge is 2.09. The quantitative estimate of drug-likeness (QED) is 0.643. The van der Waals surface area contributed by atoms with E-state index in [0.717, 1.165) is 5.39 Å². The zero-order valence-corrected chi connectivity index (χ0v) is 6.90. The number of fused-ring (bicyclic) bond motifs is 1. The third kappa shape index (κ3) is 0.999. The number of nitrogens with two attached hydrogens (primary N) is 1. The van der Waals surface area contributed by atoms with Gasteiger partial charge in [0.15, 0.2) is 0 Å². The highest BCUT2D eigenvalue weighted by Crippen LogP contribution is 2.20. The van der Waals surface area contributed by atoms with Crippen molar-refractivity contribution >= 4 is 16.9 Å². The molecule has 2 aromatic heterocycles. The Kier molecular flexibility index (Phi) is 1.43. The van der Waals surface area contributed by atoms with Crippen molar-refractivity contribution in [1.29, 1.82) is 5.26 Å². The molecule has 0 aliphatic carbocycles. The summed E-state index contributed by atoms with van der Waals surface area (Å²) < 4.78 is 4.88. The standard InChI is InChI=1S/C8H6N4O/c1-4-6-2-5(3-9)7(10)11-8(6)13-12-4/h2H,1H3,(H2,10,11). The van der Waals surface area contributed by atoms with Crippen molar-refractivity contribution < 1.29 is 4.52 Å². The number of hydrogen-bond donors (Lipinski definition) is 1. The van der Waals surface area contributed by atoms with Gasteiger partial charge >= 0.3 is 0 Å². The maximum Gasteiger partial charge on any atom is 0.259 e. The van der Waals surface area contributed by atoms with E-state index in [1.165, 1.54) is 0 Å². The molecule has 0 radical (unpaired) electrons. The van der Waals surface area contributed by atoms with E-state index in [4.69, 9.17) is 15.5 Å². The Labute approximate surface area is 73.8 Å². The average molecular weight is 174 g/mol. The number of aryl methyl sites for hydroxylation is 1. The predicted octanol–water partition coefficient (Wildman–Crippen LogP) is 0.985. The molecule has 2 N–H and O–H groups in total. The van der Waals surface area contributed by atoms with Crippen LogP contribution in [-0.4, -0.2) is 10.1 Å². The molecular formula is C8H6N4O. The van der Waals surface area contributed by atoms with E-state index >= 15 is 0 Å². The summed E-state index contributed by atoms with van der Waals surface area (Å²) >= 11 is 0. The topological polar surface area (TPSA) is 88.7 Å². The van der Waals surface area contributed by atoms with Crippen LogP contribution in [0.5, 0.6) is 0 Å². The fourth-order valence-electron chi connectivity index (χ4n) is 1.09. The Bertz CT molecular complexity index is 509. The Hall–Kier alpha value is -2.09. The molecule has 2 heterocycles. The molecular weight excluding hydrogens is 168 g/mol. The van der Waals surface area contributed by atoms with E-state index in [9.17, 15) is 0 Å². The van der Waals surface area contributed by atoms with Crippen molar-refractivity contribution in [2.24, 2.45) is 0 Å². The van der Waals surface area contributed by atoms with Crippen molar-refractivity contribution in [3.8, 4) is 6.07 Å². The molecule has 0 unspecified atom stereocenters. The first-order valence-electron chi connectivity index (χ1n) is 3.65. The van der Waals surface area contributed by atoms with Gasteiger partial charge in [0.2, 0.25) is 0 Å². The minimum Gasteiger partial charge on any atom is -0.382 e. The highest BCUT2D eigenvalue weighted by atomic mass is 16.5. The largest absolute Gasteiger partial charge is 0.382 e. The van der Waals surface area contributed by atoms with Crippen LogP contribution in [0.4, 0.5) is 5.82 Å². The second-order valence-corrected chi connectivity index (χ2v) is 2.65. The van der Waals surface area contributed by atoms with E-state index < -0.39 is 0 Å². The average Bonchev–Trinajstić information content (AvgIpc) is 2.46. The number of pyridine rings is 1. The first-order valence-corrected chi connectivity index (χ1v) is 3.65. The summed E-state index contributed by atoms with van der Waals surface area (Å²) in [5.41, 5.74) is 6.91. The van der Waals surface area contributed by atoms with Gasteiger partial charge in [0, 0.05) is 0 Å². The maximum atomic E-state index is 8.69. The SMILES string of the molecule is Cc1noc2nc(N)c(C#N)cc12. The lowest BCUT2D eigenvalue weighted by Gasteiger charge is -1.93. The Balaban J connectivity index is 2.86. The molecule has 13 heavy (non-hydrogen) atoms. The summed E-state index contributed by atoms with van der Waals surface area (Å²) in [6, 6.07) is 3.58. The minimum absolute atomic E-state index is 0.172. The summed E-state index contributed by atoms with van der Waals surface area (Å²) in [5.74, 6) is 0.172. The third-order valence-electron chi connectivity index (χ3n) is 1.80. The van der Waals surface area contributed by atoms with E-state index in [1.54, 1.807) is 13.0 Å². The van der Waals surface area contributed by atoms with Gasteiger partial charge < -0.3 is 10.3 Å². The highest BCUT2D eigenvalue weighted by molar-refractivity contribution is 5.79. The van der Waals surface area contributed by atoms with Gasteiger partial charge in [-0.3, -0.25) is 0 Å². The lowest BCUT2D eigenvalue weighted by Crippen LogP contribution is -1.93. The van der Waals surface area contributed by atoms with Gasteiger partial charge in [-0.15, -0.1) is 0 Å². The molecule has 2 aromatic rings. The van der Waals surface area contributed by atoms with E-state index in [2.05, 4.69) is 10.1 Å². The molecule has 0 saturated heterocycles. The smallest absolute Gasteiger partial charge is 0.259 e. The summed E-state index contributed by atoms with van der Waals surface area (Å²) in [6.07, 6.45) is 0. The Morgan fingerprint density at radius 3 is 3.08 bits per heavy atom. The van der Waals surface area contributed by atoms with Crippen molar-refractivity contribution in [1.82, 2.24) is 10.1 Å². The van der Waals surface area contributed by atoms with Crippen LogP contribution in [0, 0.1) is 18.3 Å². The summed E-state index contributed by atoms with van der Waals surface area (Å²) in [6.45, 7) is 1.78. The number of anilines is 1. The number of rotatable bonds is 0. The molecule has 0 spiro atoms. The Morgan fingerprint density at radius 1 is 1.62 bits per heavy atom. The summed E-state index contributed by atoms with van der Waals surface area (Å²) in [4.78, 5) is 3.89. The minimum atomic E-state index is 0.172. The monoisotopic (exact) mass is 174 g/mol. The van der Waals surface area contributed by atoms with Gasteiger partial charge in [0.25, 0.3) is 5.71 Å². The second-order valence-electron chi connectivity index (χ2n) is 2.65. The van der Waals surface area contributed by atoms with Gasteiger partial charge in [0.1, 0.15) is 11.9 Å². The van der Waals surface area contributed by atoms with Crippen LogP contribution in [-0.2, 0) is 0 Å². The molecule has 0 aliphatic heterocycles. The van der Waals surface area contributed by atoms with Crippen molar-refractivity contribution in [2.75, 3.05) is 5.73 Å². The first kappa shape index (κ1) is 7.55. The van der Waals surface area contributed by atoms with Crippen LogP contribution >= 0.6 is 0 Å². The number of nitrogen functional groups attached to an aromatic ring is 1. The van der Waals surface area contributed by atoms with Gasteiger partial charge in [-0.2, -0.15) is 10.2 Å². The molecule has 2 rings (SSSR count). The van der Waals surface area contributed by atoms with Crippen LogP contribution in [0.25, 0.3) is 11.1 Å². The van der Waals surface area contributed by atoms with Crippen molar-refractivity contribution in [2.45, 2.75) is 6.92 Å². The van der Waals surface area contributed by atoms with Gasteiger partial charge in [-0.25, -0.2) is 0 Å². The molecule has 0 aliphatic rings.